The quantitative estimate of drug-likeness (QED) is 0.715. The number of benzene rings is 1. The number of hydrogen-bond acceptors (Lipinski definition) is 1. The molecule has 1 aliphatic rings. The summed E-state index contributed by atoms with van der Waals surface area (Å²) in [5.41, 5.74) is 2.73. The Bertz CT molecular complexity index is 350. The Morgan fingerprint density at radius 1 is 1.44 bits per heavy atom. The molecule has 0 heterocycles. The van der Waals surface area contributed by atoms with E-state index in [4.69, 9.17) is 4.74 Å². The van der Waals surface area contributed by atoms with Gasteiger partial charge in [0.15, 0.2) is 0 Å². The molecule has 0 aliphatic heterocycles. The highest BCUT2D eigenvalue weighted by atomic mass is 16.5. The number of hydrogen-bond donors (Lipinski definition) is 0. The molecule has 16 heavy (non-hydrogen) atoms. The first-order valence-corrected chi connectivity index (χ1v) is 6.32. The van der Waals surface area contributed by atoms with Crippen molar-refractivity contribution in [3.63, 3.8) is 0 Å². The van der Waals surface area contributed by atoms with Gasteiger partial charge in [0, 0.05) is 0 Å². The first kappa shape index (κ1) is 11.5. The van der Waals surface area contributed by atoms with E-state index in [0.29, 0.717) is 5.92 Å². The monoisotopic (exact) mass is 217 g/mol. The van der Waals surface area contributed by atoms with Crippen LogP contribution in [0.4, 0.5) is 0 Å². The molecule has 0 N–H and O–H groups in total. The Kier molecular flexibility index (Phi) is 3.52. The van der Waals surface area contributed by atoms with Crippen LogP contribution >= 0.6 is 0 Å². The maximum Gasteiger partial charge on any atom is 0.122 e. The van der Waals surface area contributed by atoms with Crippen molar-refractivity contribution in [3.8, 4) is 5.75 Å². The van der Waals surface area contributed by atoms with Gasteiger partial charge in [-0.3, -0.25) is 0 Å². The number of ether oxygens (including phenoxy) is 1. The highest BCUT2D eigenvalue weighted by Gasteiger charge is 2.24. The molecule has 1 radical (unpaired) electrons. The minimum absolute atomic E-state index is 0.297. The van der Waals surface area contributed by atoms with Gasteiger partial charge in [-0.2, -0.15) is 0 Å². The molecule has 1 unspecified atom stereocenters. The summed E-state index contributed by atoms with van der Waals surface area (Å²) in [6.07, 6.45) is 3.75. The molecular formula is C15H21O. The Morgan fingerprint density at radius 2 is 2.19 bits per heavy atom. The van der Waals surface area contributed by atoms with E-state index in [1.54, 1.807) is 0 Å². The van der Waals surface area contributed by atoms with Crippen LogP contribution in [0.25, 0.3) is 0 Å². The molecule has 0 aromatic heterocycles. The SMILES string of the molecule is [CH2]C(C)c1cc(C2CC2)ccc1OCCC. The second kappa shape index (κ2) is 4.90. The van der Waals surface area contributed by atoms with Crippen LogP contribution in [0.1, 0.15) is 56.1 Å². The van der Waals surface area contributed by atoms with E-state index in [2.05, 4.69) is 39.0 Å². The van der Waals surface area contributed by atoms with E-state index in [1.807, 2.05) is 0 Å². The molecule has 1 fully saturated rings. The van der Waals surface area contributed by atoms with Crippen molar-refractivity contribution in [1.29, 1.82) is 0 Å². The van der Waals surface area contributed by atoms with Crippen molar-refractivity contribution >= 4 is 0 Å². The molecule has 0 spiro atoms. The van der Waals surface area contributed by atoms with Gasteiger partial charge in [-0.05, 0) is 55.2 Å². The van der Waals surface area contributed by atoms with E-state index < -0.39 is 0 Å². The zero-order chi connectivity index (χ0) is 11.5. The second-order valence-electron chi connectivity index (χ2n) is 4.82. The van der Waals surface area contributed by atoms with Crippen LogP contribution in [-0.4, -0.2) is 6.61 Å². The van der Waals surface area contributed by atoms with Crippen molar-refractivity contribution in [2.45, 2.75) is 44.9 Å². The maximum absolute atomic E-state index is 5.76. The summed E-state index contributed by atoms with van der Waals surface area (Å²) in [4.78, 5) is 0. The van der Waals surface area contributed by atoms with E-state index >= 15 is 0 Å². The van der Waals surface area contributed by atoms with Gasteiger partial charge < -0.3 is 4.74 Å². The van der Waals surface area contributed by atoms with Gasteiger partial charge in [-0.25, -0.2) is 0 Å². The predicted molar refractivity (Wildman–Crippen MR) is 68.0 cm³/mol. The van der Waals surface area contributed by atoms with Gasteiger partial charge in [0.05, 0.1) is 6.61 Å². The Morgan fingerprint density at radius 3 is 2.75 bits per heavy atom. The van der Waals surface area contributed by atoms with E-state index in [-0.39, 0.29) is 0 Å². The van der Waals surface area contributed by atoms with Crippen LogP contribution in [0.5, 0.6) is 5.75 Å². The molecule has 1 aromatic carbocycles. The zero-order valence-corrected chi connectivity index (χ0v) is 10.3. The summed E-state index contributed by atoms with van der Waals surface area (Å²) in [6, 6.07) is 6.63. The summed E-state index contributed by atoms with van der Waals surface area (Å²) >= 11 is 0. The van der Waals surface area contributed by atoms with Crippen molar-refractivity contribution in [3.05, 3.63) is 36.2 Å². The summed E-state index contributed by atoms with van der Waals surface area (Å²) in [7, 11) is 0. The molecule has 0 saturated heterocycles. The van der Waals surface area contributed by atoms with Gasteiger partial charge in [0.25, 0.3) is 0 Å². The minimum atomic E-state index is 0.297. The lowest BCUT2D eigenvalue weighted by atomic mass is 9.98. The Balaban J connectivity index is 2.21. The van der Waals surface area contributed by atoms with E-state index in [1.165, 1.54) is 24.0 Å². The van der Waals surface area contributed by atoms with Crippen molar-refractivity contribution in [2.24, 2.45) is 0 Å². The largest absolute Gasteiger partial charge is 0.493 e. The number of rotatable bonds is 5. The lowest BCUT2D eigenvalue weighted by Crippen LogP contribution is -2.01. The first-order chi connectivity index (χ1) is 7.72. The van der Waals surface area contributed by atoms with E-state index in [0.717, 1.165) is 24.7 Å². The zero-order valence-electron chi connectivity index (χ0n) is 10.3. The molecule has 1 aliphatic carbocycles. The third kappa shape index (κ3) is 2.58. The molecule has 1 saturated carbocycles. The van der Waals surface area contributed by atoms with Gasteiger partial charge in [0.1, 0.15) is 5.75 Å². The molecule has 87 valence electrons. The molecule has 2 rings (SSSR count). The van der Waals surface area contributed by atoms with Crippen molar-refractivity contribution in [1.82, 2.24) is 0 Å². The fraction of sp³-hybridized carbons (Fsp3) is 0.533. The van der Waals surface area contributed by atoms with Gasteiger partial charge in [0.2, 0.25) is 0 Å². The molecular weight excluding hydrogens is 196 g/mol. The molecule has 1 aromatic rings. The molecule has 0 amide bonds. The van der Waals surface area contributed by atoms with Crippen LogP contribution in [0.3, 0.4) is 0 Å². The average molecular weight is 217 g/mol. The third-order valence-electron chi connectivity index (χ3n) is 3.08. The molecule has 1 atom stereocenters. The topological polar surface area (TPSA) is 9.23 Å². The van der Waals surface area contributed by atoms with Gasteiger partial charge >= 0.3 is 0 Å². The standard InChI is InChI=1S/C15H21O/c1-4-9-16-15-8-7-13(12-5-6-12)10-14(15)11(2)3/h7-8,10-12H,2,4-6,9H2,1,3H3. The normalized spacial score (nSPS) is 15.5. The fourth-order valence-electron chi connectivity index (χ4n) is 1.97. The Labute approximate surface area is 98.8 Å². The van der Waals surface area contributed by atoms with Gasteiger partial charge in [-0.15, -0.1) is 0 Å². The van der Waals surface area contributed by atoms with Crippen molar-refractivity contribution in [2.75, 3.05) is 6.61 Å². The van der Waals surface area contributed by atoms with Gasteiger partial charge in [-0.1, -0.05) is 26.0 Å². The Hall–Kier alpha value is -0.980. The van der Waals surface area contributed by atoms with Crippen LogP contribution in [0.2, 0.25) is 0 Å². The van der Waals surface area contributed by atoms with Crippen LogP contribution in [0, 0.1) is 6.92 Å². The van der Waals surface area contributed by atoms with Crippen LogP contribution in [-0.2, 0) is 0 Å². The molecule has 0 bridgehead atoms. The summed E-state index contributed by atoms with van der Waals surface area (Å²) in [5, 5.41) is 0. The maximum atomic E-state index is 5.76. The summed E-state index contributed by atoms with van der Waals surface area (Å²) < 4.78 is 5.76. The third-order valence-corrected chi connectivity index (χ3v) is 3.08. The van der Waals surface area contributed by atoms with Crippen LogP contribution < -0.4 is 4.74 Å². The summed E-state index contributed by atoms with van der Waals surface area (Å²) in [6.45, 7) is 9.17. The average Bonchev–Trinajstić information content (AvgIpc) is 3.09. The highest BCUT2D eigenvalue weighted by Crippen LogP contribution is 2.42. The predicted octanol–water partition coefficient (Wildman–Crippen LogP) is 4.29. The second-order valence-corrected chi connectivity index (χ2v) is 4.82. The molecule has 1 nitrogen and oxygen atoms in total. The van der Waals surface area contributed by atoms with E-state index in [9.17, 15) is 0 Å². The van der Waals surface area contributed by atoms with Crippen LogP contribution in [0.15, 0.2) is 18.2 Å². The minimum Gasteiger partial charge on any atom is -0.493 e. The lowest BCUT2D eigenvalue weighted by Gasteiger charge is -2.15. The lowest BCUT2D eigenvalue weighted by molar-refractivity contribution is 0.313. The fourth-order valence-corrected chi connectivity index (χ4v) is 1.97. The van der Waals surface area contributed by atoms with Crippen molar-refractivity contribution < 1.29 is 4.74 Å². The smallest absolute Gasteiger partial charge is 0.122 e. The highest BCUT2D eigenvalue weighted by molar-refractivity contribution is 5.42. The first-order valence-electron chi connectivity index (χ1n) is 6.32. The summed E-state index contributed by atoms with van der Waals surface area (Å²) in [5.74, 6) is 2.12. The molecule has 1 heteroatoms.